The van der Waals surface area contributed by atoms with Gasteiger partial charge in [-0.2, -0.15) is 0 Å². The molecule has 0 unspecified atom stereocenters. The molecule has 2 aromatic heterocycles. The summed E-state index contributed by atoms with van der Waals surface area (Å²) in [6, 6.07) is 16.1. The lowest BCUT2D eigenvalue weighted by Gasteiger charge is -2.42. The molecule has 6 nitrogen and oxygen atoms in total. The number of hydrogen-bond donors (Lipinski definition) is 1. The molecule has 1 aliphatic heterocycles. The zero-order valence-corrected chi connectivity index (χ0v) is 18.7. The highest BCUT2D eigenvalue weighted by Crippen LogP contribution is 2.30. The summed E-state index contributed by atoms with van der Waals surface area (Å²) in [5.74, 6) is 0.812. The third-order valence-electron chi connectivity index (χ3n) is 5.75. The van der Waals surface area contributed by atoms with Crippen LogP contribution in [0.15, 0.2) is 66.3 Å². The SMILES string of the molecule is COc1ccc(N2CCN([C@H](c3cccs3)[C@@H](C)NC(=O)c3ccncc3)CC2)cc1. The van der Waals surface area contributed by atoms with E-state index in [0.29, 0.717) is 5.56 Å². The molecule has 0 bridgehead atoms. The second-order valence-corrected chi connectivity index (χ2v) is 8.66. The highest BCUT2D eigenvalue weighted by molar-refractivity contribution is 7.10. The fraction of sp³-hybridized carbons (Fsp3) is 0.333. The minimum atomic E-state index is -0.0617. The van der Waals surface area contributed by atoms with Gasteiger partial charge in [0.15, 0.2) is 0 Å². The molecule has 162 valence electrons. The summed E-state index contributed by atoms with van der Waals surface area (Å²) in [5.41, 5.74) is 1.85. The van der Waals surface area contributed by atoms with Gasteiger partial charge in [0.25, 0.3) is 5.91 Å². The lowest BCUT2D eigenvalue weighted by atomic mass is 10.0. The number of rotatable bonds is 7. The van der Waals surface area contributed by atoms with E-state index in [1.807, 2.05) is 12.1 Å². The van der Waals surface area contributed by atoms with E-state index in [-0.39, 0.29) is 18.0 Å². The molecule has 1 fully saturated rings. The van der Waals surface area contributed by atoms with Crippen LogP contribution in [0, 0.1) is 0 Å². The van der Waals surface area contributed by atoms with Crippen LogP contribution in [0.25, 0.3) is 0 Å². The minimum Gasteiger partial charge on any atom is -0.497 e. The van der Waals surface area contributed by atoms with Crippen molar-refractivity contribution >= 4 is 22.9 Å². The predicted molar refractivity (Wildman–Crippen MR) is 125 cm³/mol. The molecule has 3 heterocycles. The van der Waals surface area contributed by atoms with Crippen LogP contribution in [0.4, 0.5) is 5.69 Å². The molecule has 31 heavy (non-hydrogen) atoms. The number of carbonyl (C=O) groups is 1. The van der Waals surface area contributed by atoms with Gasteiger partial charge < -0.3 is 15.0 Å². The first-order valence-corrected chi connectivity index (χ1v) is 11.4. The van der Waals surface area contributed by atoms with Crippen molar-refractivity contribution in [3.05, 3.63) is 76.7 Å². The van der Waals surface area contributed by atoms with Crippen LogP contribution in [-0.2, 0) is 0 Å². The molecule has 0 spiro atoms. The fourth-order valence-electron chi connectivity index (χ4n) is 4.13. The third kappa shape index (κ3) is 5.06. The van der Waals surface area contributed by atoms with Gasteiger partial charge in [-0.1, -0.05) is 6.07 Å². The Kier molecular flexibility index (Phi) is 6.84. The summed E-state index contributed by atoms with van der Waals surface area (Å²) in [4.78, 5) is 22.9. The molecule has 0 saturated carbocycles. The lowest BCUT2D eigenvalue weighted by molar-refractivity contribution is 0.0890. The molecular formula is C24H28N4O2S. The minimum absolute atomic E-state index is 0.0214. The fourth-order valence-corrected chi connectivity index (χ4v) is 5.09. The Labute approximate surface area is 187 Å². The van der Waals surface area contributed by atoms with E-state index in [4.69, 9.17) is 4.74 Å². The average molecular weight is 437 g/mol. The van der Waals surface area contributed by atoms with E-state index >= 15 is 0 Å². The van der Waals surface area contributed by atoms with Crippen molar-refractivity contribution in [2.75, 3.05) is 38.2 Å². The molecule has 4 rings (SSSR count). The number of anilines is 1. The van der Waals surface area contributed by atoms with Crippen molar-refractivity contribution in [2.45, 2.75) is 19.0 Å². The van der Waals surface area contributed by atoms with Gasteiger partial charge in [-0.3, -0.25) is 14.7 Å². The largest absolute Gasteiger partial charge is 0.497 e. The van der Waals surface area contributed by atoms with Crippen molar-refractivity contribution in [1.82, 2.24) is 15.2 Å². The highest BCUT2D eigenvalue weighted by Gasteiger charge is 2.31. The summed E-state index contributed by atoms with van der Waals surface area (Å²) in [6.07, 6.45) is 3.30. The van der Waals surface area contributed by atoms with Gasteiger partial charge in [0, 0.05) is 60.7 Å². The monoisotopic (exact) mass is 436 g/mol. The van der Waals surface area contributed by atoms with Gasteiger partial charge >= 0.3 is 0 Å². The number of aromatic nitrogens is 1. The number of benzene rings is 1. The molecule has 3 aromatic rings. The Morgan fingerprint density at radius 1 is 1.06 bits per heavy atom. The van der Waals surface area contributed by atoms with Crippen LogP contribution < -0.4 is 15.0 Å². The van der Waals surface area contributed by atoms with Gasteiger partial charge in [-0.25, -0.2) is 0 Å². The number of pyridine rings is 1. The Morgan fingerprint density at radius 3 is 2.39 bits per heavy atom. The first kappa shape index (κ1) is 21.3. The number of methoxy groups -OCH3 is 1. The number of nitrogens with one attached hydrogen (secondary N) is 1. The number of amides is 1. The van der Waals surface area contributed by atoms with Crippen molar-refractivity contribution in [3.63, 3.8) is 0 Å². The highest BCUT2D eigenvalue weighted by atomic mass is 32.1. The van der Waals surface area contributed by atoms with Crippen molar-refractivity contribution in [1.29, 1.82) is 0 Å². The maximum absolute atomic E-state index is 12.7. The van der Waals surface area contributed by atoms with Gasteiger partial charge in [0.1, 0.15) is 5.75 Å². The number of thiophene rings is 1. The third-order valence-corrected chi connectivity index (χ3v) is 6.70. The predicted octanol–water partition coefficient (Wildman–Crippen LogP) is 3.83. The van der Waals surface area contributed by atoms with E-state index < -0.39 is 0 Å². The molecule has 1 amide bonds. The summed E-state index contributed by atoms with van der Waals surface area (Å²) in [5, 5.41) is 5.31. The van der Waals surface area contributed by atoms with E-state index in [1.165, 1.54) is 10.6 Å². The molecule has 1 N–H and O–H groups in total. The summed E-state index contributed by atoms with van der Waals surface area (Å²) in [6.45, 7) is 5.85. The Balaban J connectivity index is 1.44. The molecule has 0 radical (unpaired) electrons. The van der Waals surface area contributed by atoms with Gasteiger partial charge in [0.05, 0.1) is 13.2 Å². The molecule has 7 heteroatoms. The second-order valence-electron chi connectivity index (χ2n) is 7.68. The van der Waals surface area contributed by atoms with Crippen LogP contribution in [0.1, 0.15) is 28.2 Å². The maximum Gasteiger partial charge on any atom is 0.251 e. The van der Waals surface area contributed by atoms with E-state index in [2.05, 4.69) is 56.7 Å². The normalized spacial score (nSPS) is 16.5. The van der Waals surface area contributed by atoms with Crippen molar-refractivity contribution < 1.29 is 9.53 Å². The molecular weight excluding hydrogens is 408 g/mol. The van der Waals surface area contributed by atoms with Crippen molar-refractivity contribution in [2.24, 2.45) is 0 Å². The zero-order valence-electron chi connectivity index (χ0n) is 17.9. The molecule has 2 atom stereocenters. The average Bonchev–Trinajstić information content (AvgIpc) is 3.34. The Bertz CT molecular complexity index is 955. The summed E-state index contributed by atoms with van der Waals surface area (Å²) in [7, 11) is 1.69. The van der Waals surface area contributed by atoms with Crippen molar-refractivity contribution in [3.8, 4) is 5.75 Å². The molecule has 1 aliphatic rings. The Morgan fingerprint density at radius 2 is 1.77 bits per heavy atom. The van der Waals surface area contributed by atoms with Gasteiger partial charge in [-0.05, 0) is 54.8 Å². The number of piperazine rings is 1. The van der Waals surface area contributed by atoms with E-state index in [0.717, 1.165) is 31.9 Å². The quantitative estimate of drug-likeness (QED) is 0.610. The number of hydrogen-bond acceptors (Lipinski definition) is 6. The van der Waals surface area contributed by atoms with Crippen LogP contribution in [-0.4, -0.2) is 55.1 Å². The standard InChI is InChI=1S/C24H28N4O2S/c1-18(26-24(29)19-9-11-25-12-10-19)23(22-4-3-17-31-22)28-15-13-27(14-16-28)20-5-7-21(30-2)8-6-20/h3-12,17-18,23H,13-16H2,1-2H3,(H,26,29)/t18-,23+/m1/s1. The topological polar surface area (TPSA) is 57.7 Å². The summed E-state index contributed by atoms with van der Waals surface area (Å²) >= 11 is 1.75. The second kappa shape index (κ2) is 9.94. The van der Waals surface area contributed by atoms with Crippen LogP contribution >= 0.6 is 11.3 Å². The van der Waals surface area contributed by atoms with Crippen LogP contribution in [0.2, 0.25) is 0 Å². The smallest absolute Gasteiger partial charge is 0.251 e. The number of carbonyl (C=O) groups excluding carboxylic acids is 1. The molecule has 1 saturated heterocycles. The van der Waals surface area contributed by atoms with Gasteiger partial charge in [0.2, 0.25) is 0 Å². The van der Waals surface area contributed by atoms with Gasteiger partial charge in [-0.15, -0.1) is 11.3 Å². The molecule has 0 aliphatic carbocycles. The van der Waals surface area contributed by atoms with Crippen LogP contribution in [0.3, 0.4) is 0 Å². The first-order valence-electron chi connectivity index (χ1n) is 10.5. The summed E-state index contributed by atoms with van der Waals surface area (Å²) < 4.78 is 5.27. The number of ether oxygens (including phenoxy) is 1. The van der Waals surface area contributed by atoms with E-state index in [9.17, 15) is 4.79 Å². The number of nitrogens with zero attached hydrogens (tertiary/aromatic N) is 3. The zero-order chi connectivity index (χ0) is 21.6. The maximum atomic E-state index is 12.7. The molecule has 1 aromatic carbocycles. The first-order chi connectivity index (χ1) is 15.2. The Hall–Kier alpha value is -2.90. The lowest BCUT2D eigenvalue weighted by Crippen LogP contribution is -2.52. The van der Waals surface area contributed by atoms with Crippen LogP contribution in [0.5, 0.6) is 5.75 Å². The van der Waals surface area contributed by atoms with E-state index in [1.54, 1.807) is 43.0 Å².